The molecule has 2 aromatic carbocycles. The molecule has 0 fully saturated rings. The normalized spacial score (nSPS) is 14.9. The Morgan fingerprint density at radius 1 is 0.971 bits per heavy atom. The highest BCUT2D eigenvalue weighted by atomic mass is 16.5. The van der Waals surface area contributed by atoms with Crippen LogP contribution < -0.4 is 4.74 Å². The number of hydrogen-bond donors (Lipinski definition) is 3. The number of carbonyl (C=O) groups is 4. The summed E-state index contributed by atoms with van der Waals surface area (Å²) in [6.07, 6.45) is 0.715. The van der Waals surface area contributed by atoms with Crippen LogP contribution in [0.4, 0.5) is 0 Å². The number of Topliss-reactive ketones (excluding diaryl/α,β-unsaturated/α-hetero) is 1. The number of ketones is 3. The van der Waals surface area contributed by atoms with Crippen LogP contribution in [0.2, 0.25) is 0 Å². The van der Waals surface area contributed by atoms with Gasteiger partial charge in [0.2, 0.25) is 5.78 Å². The lowest BCUT2D eigenvalue weighted by molar-refractivity contribution is -0.126. The Hall–Kier alpha value is -3.56. The molecule has 0 amide bonds. The number of fused-ring (bicyclic) bond motifs is 3. The smallest absolute Gasteiger partial charge is 0.202 e. The molecule has 0 saturated carbocycles. The number of aromatic hydroxyl groups is 2. The molecule has 0 aromatic heterocycles. The zero-order valence-corrected chi connectivity index (χ0v) is 20.6. The summed E-state index contributed by atoms with van der Waals surface area (Å²) in [5, 5.41) is 30.7. The van der Waals surface area contributed by atoms with E-state index in [1.807, 2.05) is 20.6 Å². The fourth-order valence-electron chi connectivity index (χ4n) is 4.21. The lowest BCUT2D eigenvalue weighted by Crippen LogP contribution is -2.28. The average Bonchev–Trinajstić information content (AvgIpc) is 2.90. The van der Waals surface area contributed by atoms with Gasteiger partial charge in [0.15, 0.2) is 11.6 Å². The largest absolute Gasteiger partial charge is 0.507 e. The van der Waals surface area contributed by atoms with Gasteiger partial charge in [0.25, 0.3) is 0 Å². The van der Waals surface area contributed by atoms with E-state index >= 15 is 0 Å². The number of rotatable bonds is 3. The molecule has 2 aromatic rings. The molecule has 4 rings (SSSR count). The fraction of sp³-hybridized carbons (Fsp3) is 0.385. The molecule has 0 bridgehead atoms. The Balaban J connectivity index is 0.000000797. The molecule has 0 heterocycles. The van der Waals surface area contributed by atoms with Crippen molar-refractivity contribution >= 4 is 24.1 Å². The lowest BCUT2D eigenvalue weighted by Gasteiger charge is -2.29. The van der Waals surface area contributed by atoms with Gasteiger partial charge in [0, 0.05) is 36.8 Å². The molecule has 9 nitrogen and oxygen atoms in total. The van der Waals surface area contributed by atoms with Gasteiger partial charge in [0.05, 0.1) is 23.8 Å². The van der Waals surface area contributed by atoms with Crippen LogP contribution in [0.1, 0.15) is 63.2 Å². The topological polar surface area (TPSA) is 147 Å². The Morgan fingerprint density at radius 3 is 2.06 bits per heavy atom. The van der Waals surface area contributed by atoms with Crippen molar-refractivity contribution in [2.45, 2.75) is 33.1 Å². The maximum atomic E-state index is 13.1. The summed E-state index contributed by atoms with van der Waals surface area (Å²) in [4.78, 5) is 46.1. The van der Waals surface area contributed by atoms with Gasteiger partial charge in [-0.25, -0.2) is 0 Å². The minimum atomic E-state index is -0.609. The van der Waals surface area contributed by atoms with Crippen LogP contribution in [-0.2, 0) is 27.2 Å². The molecule has 2 aliphatic carbocycles. The highest BCUT2D eigenvalue weighted by Gasteiger charge is 2.40. The first-order valence-corrected chi connectivity index (χ1v) is 11.0. The van der Waals surface area contributed by atoms with Crippen LogP contribution in [-0.4, -0.2) is 67.4 Å². The molecule has 2 aliphatic rings. The maximum absolute atomic E-state index is 13.1. The number of ether oxygens (including phenoxy) is 2. The minimum absolute atomic E-state index is 0.0568. The molecule has 0 spiro atoms. The van der Waals surface area contributed by atoms with E-state index in [0.29, 0.717) is 12.0 Å². The van der Waals surface area contributed by atoms with Crippen LogP contribution in [0.15, 0.2) is 18.2 Å². The Kier molecular flexibility index (Phi) is 11.2. The van der Waals surface area contributed by atoms with Crippen molar-refractivity contribution in [2.75, 3.05) is 27.9 Å². The first kappa shape index (κ1) is 29.5. The molecule has 0 saturated heterocycles. The second kappa shape index (κ2) is 13.4. The third kappa shape index (κ3) is 5.41. The third-order valence-electron chi connectivity index (χ3n) is 5.64. The summed E-state index contributed by atoms with van der Waals surface area (Å²) in [7, 11) is 4.63. The number of carbonyl (C=O) groups excluding carboxylic acids is 4. The van der Waals surface area contributed by atoms with E-state index in [2.05, 4.69) is 4.74 Å². The molecule has 0 radical (unpaired) electrons. The highest BCUT2D eigenvalue weighted by Crippen LogP contribution is 2.47. The highest BCUT2D eigenvalue weighted by molar-refractivity contribution is 6.31. The van der Waals surface area contributed by atoms with E-state index in [4.69, 9.17) is 14.6 Å². The number of aliphatic hydroxyl groups excluding tert-OH is 1. The van der Waals surface area contributed by atoms with Crippen LogP contribution in [0, 0.1) is 5.92 Å². The van der Waals surface area contributed by atoms with E-state index in [1.165, 1.54) is 13.2 Å². The first-order valence-electron chi connectivity index (χ1n) is 11.0. The number of phenolic OH excluding ortho intramolecular Hbond substituents is 2. The van der Waals surface area contributed by atoms with Gasteiger partial charge in [-0.3, -0.25) is 14.4 Å². The van der Waals surface area contributed by atoms with Crippen LogP contribution in [0.3, 0.4) is 0 Å². The summed E-state index contributed by atoms with van der Waals surface area (Å²) in [6.45, 7) is 5.39. The number of hydrogen-bond acceptors (Lipinski definition) is 9. The van der Waals surface area contributed by atoms with E-state index in [0.717, 1.165) is 0 Å². The van der Waals surface area contributed by atoms with Crippen molar-refractivity contribution in [2.24, 2.45) is 5.92 Å². The third-order valence-corrected chi connectivity index (χ3v) is 5.64. The van der Waals surface area contributed by atoms with Crippen LogP contribution >= 0.6 is 0 Å². The molecule has 3 N–H and O–H groups in total. The van der Waals surface area contributed by atoms with Gasteiger partial charge in [0.1, 0.15) is 30.6 Å². The van der Waals surface area contributed by atoms with E-state index < -0.39 is 24.1 Å². The summed E-state index contributed by atoms with van der Waals surface area (Å²) in [5.41, 5.74) is 0.301. The van der Waals surface area contributed by atoms with Crippen molar-refractivity contribution in [1.29, 1.82) is 0 Å². The molecule has 9 heteroatoms. The van der Waals surface area contributed by atoms with Crippen molar-refractivity contribution in [3.63, 3.8) is 0 Å². The zero-order valence-electron chi connectivity index (χ0n) is 20.6. The summed E-state index contributed by atoms with van der Waals surface area (Å²) >= 11 is 0. The second-order valence-corrected chi connectivity index (χ2v) is 7.42. The Bertz CT molecular complexity index is 1090. The van der Waals surface area contributed by atoms with E-state index in [1.54, 1.807) is 26.4 Å². The first-order chi connectivity index (χ1) is 16.8. The summed E-state index contributed by atoms with van der Waals surface area (Å²) in [5.74, 6) is -2.56. The zero-order chi connectivity index (χ0) is 26.9. The molecule has 35 heavy (non-hydrogen) atoms. The van der Waals surface area contributed by atoms with Crippen molar-refractivity contribution in [1.82, 2.24) is 0 Å². The molecule has 190 valence electrons. The molecular formula is C26H32O9. The quantitative estimate of drug-likeness (QED) is 0.473. The minimum Gasteiger partial charge on any atom is -0.507 e. The number of aliphatic hydroxyl groups is 1. The van der Waals surface area contributed by atoms with Gasteiger partial charge in [-0.2, -0.15) is 0 Å². The lowest BCUT2D eigenvalue weighted by atomic mass is 9.75. The van der Waals surface area contributed by atoms with Crippen molar-refractivity contribution < 1.29 is 44.0 Å². The predicted octanol–water partition coefficient (Wildman–Crippen LogP) is 2.65. The molecule has 1 unspecified atom stereocenters. The van der Waals surface area contributed by atoms with Crippen LogP contribution in [0.5, 0.6) is 17.2 Å². The monoisotopic (exact) mass is 488 g/mol. The van der Waals surface area contributed by atoms with Gasteiger partial charge in [-0.15, -0.1) is 0 Å². The van der Waals surface area contributed by atoms with E-state index in [9.17, 15) is 24.6 Å². The van der Waals surface area contributed by atoms with Crippen LogP contribution in [0.25, 0.3) is 0 Å². The fourth-order valence-corrected chi connectivity index (χ4v) is 4.21. The molecule has 1 atom stereocenters. The standard InChI is InChI=1S/C21H18O7.C2H6O.C2H6.CH2O/c1-28-14-4-2-3-11-15(14)21(27)17-16(19(11)25)20(26)12-7-9(13(23)8-22)5-6-10(12)18(17)24;1-3-2;2*1-2/h2-4,9,22,24,26H,5-8H2,1H3;1-2H3;1-2H3;1H2. The number of phenols is 2. The maximum Gasteiger partial charge on any atom is 0.202 e. The van der Waals surface area contributed by atoms with Gasteiger partial charge in [-0.05, 0) is 25.3 Å². The van der Waals surface area contributed by atoms with Gasteiger partial charge >= 0.3 is 0 Å². The predicted molar refractivity (Wildman–Crippen MR) is 129 cm³/mol. The van der Waals surface area contributed by atoms with Gasteiger partial charge < -0.3 is 29.6 Å². The molecule has 0 aliphatic heterocycles. The Labute approximate surface area is 204 Å². The second-order valence-electron chi connectivity index (χ2n) is 7.42. The summed E-state index contributed by atoms with van der Waals surface area (Å²) in [6, 6.07) is 4.59. The Morgan fingerprint density at radius 2 is 1.51 bits per heavy atom. The number of methoxy groups -OCH3 is 2. The van der Waals surface area contributed by atoms with E-state index in [-0.39, 0.29) is 63.7 Å². The molecular weight excluding hydrogens is 456 g/mol. The van der Waals surface area contributed by atoms with Crippen molar-refractivity contribution in [3.8, 4) is 17.2 Å². The van der Waals surface area contributed by atoms with Gasteiger partial charge in [-0.1, -0.05) is 26.0 Å². The number of benzene rings is 2. The van der Waals surface area contributed by atoms with Crippen molar-refractivity contribution in [3.05, 3.63) is 51.6 Å². The summed E-state index contributed by atoms with van der Waals surface area (Å²) < 4.78 is 9.45. The SMILES string of the molecule is C=O.CC.COC.COc1cccc2c1C(=O)c1c(O)c3c(c(O)c1C2=O)CC(C(=O)CO)CC3. The average molecular weight is 489 g/mol.